The van der Waals surface area contributed by atoms with Crippen molar-refractivity contribution in [3.63, 3.8) is 0 Å². The second-order valence-electron chi connectivity index (χ2n) is 3.08. The minimum atomic E-state index is -3.86. The van der Waals surface area contributed by atoms with Crippen LogP contribution in [0.5, 0.6) is 0 Å². The smallest absolute Gasteiger partial charge is 0.205 e. The summed E-state index contributed by atoms with van der Waals surface area (Å²) in [5.74, 6) is 0. The van der Waals surface area contributed by atoms with Gasteiger partial charge in [0, 0.05) is 0 Å². The van der Waals surface area contributed by atoms with Crippen molar-refractivity contribution in [3.8, 4) is 0 Å². The van der Waals surface area contributed by atoms with Crippen LogP contribution >= 0.6 is 22.7 Å². The average molecular weight is 324 g/mol. The van der Waals surface area contributed by atoms with Gasteiger partial charge in [-0.3, -0.25) is 0 Å². The van der Waals surface area contributed by atoms with Crippen molar-refractivity contribution in [2.24, 2.45) is 0 Å². The minimum Gasteiger partial charge on any atom is -0.205 e. The van der Waals surface area contributed by atoms with Crippen LogP contribution in [-0.2, 0) is 20.0 Å². The largest absolute Gasteiger partial charge is 0.263 e. The van der Waals surface area contributed by atoms with Crippen LogP contribution in [0.4, 0.5) is 0 Å². The predicted molar refractivity (Wildman–Crippen MR) is 69.3 cm³/mol. The summed E-state index contributed by atoms with van der Waals surface area (Å²) in [6.45, 7) is 0. The summed E-state index contributed by atoms with van der Waals surface area (Å²) in [7, 11) is -7.72. The maximum absolute atomic E-state index is 11.7. The van der Waals surface area contributed by atoms with Gasteiger partial charge in [-0.05, 0) is 22.9 Å². The molecular weight excluding hydrogens is 316 g/mol. The Balaban J connectivity index is 2.14. The standard InChI is InChI=1S/C8H8N2O4S4/c11-17(12,7-3-1-5-15-7)9-10-18(13,14)8-4-2-6-16-8/h1-6,9-10H. The van der Waals surface area contributed by atoms with Gasteiger partial charge in [-0.1, -0.05) is 12.1 Å². The Morgan fingerprint density at radius 3 is 1.44 bits per heavy atom. The third-order valence-electron chi connectivity index (χ3n) is 1.83. The van der Waals surface area contributed by atoms with Gasteiger partial charge in [0.15, 0.2) is 0 Å². The Labute approximate surface area is 112 Å². The van der Waals surface area contributed by atoms with Gasteiger partial charge in [-0.15, -0.1) is 32.3 Å². The summed E-state index contributed by atoms with van der Waals surface area (Å²) in [6, 6.07) is 5.89. The van der Waals surface area contributed by atoms with E-state index in [1.165, 1.54) is 12.1 Å². The highest BCUT2D eigenvalue weighted by molar-refractivity contribution is 7.94. The maximum Gasteiger partial charge on any atom is 0.263 e. The highest BCUT2D eigenvalue weighted by Crippen LogP contribution is 2.17. The summed E-state index contributed by atoms with van der Waals surface area (Å²) in [4.78, 5) is 3.68. The Morgan fingerprint density at radius 1 is 0.778 bits per heavy atom. The summed E-state index contributed by atoms with van der Waals surface area (Å²) < 4.78 is 46.8. The first-order valence-corrected chi connectivity index (χ1v) is 9.25. The molecule has 0 saturated carbocycles. The minimum absolute atomic E-state index is 0.0383. The molecule has 10 heteroatoms. The zero-order valence-corrected chi connectivity index (χ0v) is 12.0. The lowest BCUT2D eigenvalue weighted by Crippen LogP contribution is -2.40. The van der Waals surface area contributed by atoms with Gasteiger partial charge in [-0.2, -0.15) is 0 Å². The van der Waals surface area contributed by atoms with Crippen LogP contribution in [0.2, 0.25) is 0 Å². The van der Waals surface area contributed by atoms with Gasteiger partial charge in [0.25, 0.3) is 20.0 Å². The lowest BCUT2D eigenvalue weighted by molar-refractivity contribution is 0.560. The molecule has 2 heterocycles. The first-order valence-electron chi connectivity index (χ1n) is 4.52. The lowest BCUT2D eigenvalue weighted by Gasteiger charge is -2.06. The number of hydrazine groups is 1. The molecule has 0 atom stereocenters. The van der Waals surface area contributed by atoms with Crippen molar-refractivity contribution >= 4 is 42.7 Å². The molecule has 2 N–H and O–H groups in total. The van der Waals surface area contributed by atoms with Gasteiger partial charge >= 0.3 is 0 Å². The van der Waals surface area contributed by atoms with Crippen molar-refractivity contribution in [1.82, 2.24) is 9.66 Å². The molecule has 0 bridgehead atoms. The highest BCUT2D eigenvalue weighted by Gasteiger charge is 2.20. The average Bonchev–Trinajstić information content (AvgIpc) is 2.99. The number of rotatable bonds is 5. The van der Waals surface area contributed by atoms with E-state index in [4.69, 9.17) is 0 Å². The van der Waals surface area contributed by atoms with Crippen LogP contribution in [0.25, 0.3) is 0 Å². The molecule has 0 saturated heterocycles. The monoisotopic (exact) mass is 324 g/mol. The van der Waals surface area contributed by atoms with Gasteiger partial charge in [0.05, 0.1) is 0 Å². The van der Waals surface area contributed by atoms with Crippen LogP contribution in [-0.4, -0.2) is 16.8 Å². The molecule has 0 spiro atoms. The lowest BCUT2D eigenvalue weighted by atomic mass is 10.7. The Hall–Kier alpha value is -0.780. The van der Waals surface area contributed by atoms with E-state index in [0.29, 0.717) is 0 Å². The molecule has 2 rings (SSSR count). The van der Waals surface area contributed by atoms with Crippen molar-refractivity contribution in [2.75, 3.05) is 0 Å². The number of nitrogens with one attached hydrogen (secondary N) is 2. The molecule has 0 radical (unpaired) electrons. The number of hydrogen-bond donors (Lipinski definition) is 2. The zero-order chi connectivity index (χ0) is 13.2. The van der Waals surface area contributed by atoms with E-state index >= 15 is 0 Å². The van der Waals surface area contributed by atoms with Gasteiger partial charge in [0.1, 0.15) is 8.42 Å². The van der Waals surface area contributed by atoms with Crippen LogP contribution in [0, 0.1) is 0 Å². The van der Waals surface area contributed by atoms with E-state index in [0.717, 1.165) is 22.7 Å². The first-order chi connectivity index (χ1) is 8.42. The van der Waals surface area contributed by atoms with Crippen molar-refractivity contribution < 1.29 is 16.8 Å². The highest BCUT2D eigenvalue weighted by atomic mass is 32.3. The Bertz CT molecular complexity index is 637. The fraction of sp³-hybridized carbons (Fsp3) is 0. The van der Waals surface area contributed by atoms with Crippen LogP contribution in [0.15, 0.2) is 43.4 Å². The molecule has 2 aromatic rings. The van der Waals surface area contributed by atoms with Crippen LogP contribution in [0.3, 0.4) is 0 Å². The van der Waals surface area contributed by atoms with Crippen molar-refractivity contribution in [1.29, 1.82) is 0 Å². The molecule has 0 aromatic carbocycles. The molecular formula is C8H8N2O4S4. The normalized spacial score (nSPS) is 12.7. The molecule has 98 valence electrons. The summed E-state index contributed by atoms with van der Waals surface area (Å²) in [5.41, 5.74) is 0. The molecule has 0 fully saturated rings. The topological polar surface area (TPSA) is 92.3 Å². The molecule has 2 aromatic heterocycles. The Morgan fingerprint density at radius 2 is 1.17 bits per heavy atom. The molecule has 0 aliphatic rings. The predicted octanol–water partition coefficient (Wildman–Crippen LogP) is 0.981. The van der Waals surface area contributed by atoms with E-state index in [1.54, 1.807) is 22.9 Å². The number of sulfonamides is 2. The van der Waals surface area contributed by atoms with Crippen molar-refractivity contribution in [3.05, 3.63) is 35.0 Å². The fourth-order valence-electron chi connectivity index (χ4n) is 1.04. The molecule has 0 amide bonds. The first kappa shape index (κ1) is 13.6. The van der Waals surface area contributed by atoms with E-state index in [1.807, 2.05) is 9.66 Å². The fourth-order valence-corrected chi connectivity index (χ4v) is 5.13. The maximum atomic E-state index is 11.7. The second kappa shape index (κ2) is 5.07. The van der Waals surface area contributed by atoms with Gasteiger partial charge in [0.2, 0.25) is 0 Å². The SMILES string of the molecule is O=S(=O)(NNS(=O)(=O)c1cccs1)c1cccs1. The van der Waals surface area contributed by atoms with Crippen LogP contribution in [0.1, 0.15) is 0 Å². The third-order valence-corrected chi connectivity index (χ3v) is 7.25. The molecule has 18 heavy (non-hydrogen) atoms. The molecule has 0 aliphatic heterocycles. The van der Waals surface area contributed by atoms with Gasteiger partial charge < -0.3 is 0 Å². The third kappa shape index (κ3) is 2.96. The summed E-state index contributed by atoms with van der Waals surface area (Å²) in [5, 5.41) is 3.17. The van der Waals surface area contributed by atoms with Crippen molar-refractivity contribution in [2.45, 2.75) is 8.42 Å². The molecule has 0 unspecified atom stereocenters. The van der Waals surface area contributed by atoms with Gasteiger partial charge in [-0.25, -0.2) is 16.8 Å². The molecule has 6 nitrogen and oxygen atoms in total. The van der Waals surface area contributed by atoms with E-state index < -0.39 is 20.0 Å². The summed E-state index contributed by atoms with van der Waals surface area (Å²) >= 11 is 1.99. The van der Waals surface area contributed by atoms with Crippen LogP contribution < -0.4 is 9.66 Å². The van der Waals surface area contributed by atoms with E-state index in [2.05, 4.69) is 0 Å². The summed E-state index contributed by atoms with van der Waals surface area (Å²) in [6.07, 6.45) is 0. The Kier molecular flexibility index (Phi) is 3.84. The van der Waals surface area contributed by atoms with E-state index in [-0.39, 0.29) is 8.42 Å². The molecule has 0 aliphatic carbocycles. The number of thiophene rings is 2. The second-order valence-corrected chi connectivity index (χ2v) is 8.79. The zero-order valence-electron chi connectivity index (χ0n) is 8.73. The number of hydrogen-bond acceptors (Lipinski definition) is 6. The quantitative estimate of drug-likeness (QED) is 0.802. The van der Waals surface area contributed by atoms with E-state index in [9.17, 15) is 16.8 Å².